The van der Waals surface area contributed by atoms with Crippen molar-refractivity contribution in [3.8, 4) is 5.75 Å². The van der Waals surface area contributed by atoms with Crippen LogP contribution in [0.1, 0.15) is 59.1 Å². The summed E-state index contributed by atoms with van der Waals surface area (Å²) in [5.74, 6) is 0.753. The fourth-order valence-electron chi connectivity index (χ4n) is 3.75. The number of hydrogen-bond acceptors (Lipinski definition) is 4. The van der Waals surface area contributed by atoms with Gasteiger partial charge in [-0.15, -0.1) is 0 Å². The number of methoxy groups -OCH3 is 1. The molecule has 1 aromatic heterocycles. The van der Waals surface area contributed by atoms with Crippen molar-refractivity contribution in [1.29, 1.82) is 0 Å². The first kappa shape index (κ1) is 21.0. The summed E-state index contributed by atoms with van der Waals surface area (Å²) in [6, 6.07) is 7.78. The molecule has 1 heterocycles. The van der Waals surface area contributed by atoms with Crippen molar-refractivity contribution < 1.29 is 19.1 Å². The van der Waals surface area contributed by atoms with Crippen LogP contribution in [0.5, 0.6) is 5.75 Å². The SMILES string of the molecule is CCOC(=O)c1c(C)[nH]c(CN(Cc2ccc(OC)cc2)C(=O)C2CCC2)c1C. The third-order valence-electron chi connectivity index (χ3n) is 5.67. The predicted molar refractivity (Wildman–Crippen MR) is 111 cm³/mol. The zero-order valence-corrected chi connectivity index (χ0v) is 17.7. The van der Waals surface area contributed by atoms with Crippen molar-refractivity contribution in [2.24, 2.45) is 5.92 Å². The lowest BCUT2D eigenvalue weighted by atomic mass is 9.84. The first-order chi connectivity index (χ1) is 13.9. The number of nitrogens with one attached hydrogen (secondary N) is 1. The number of carbonyl (C=O) groups excluding carboxylic acids is 2. The lowest BCUT2D eigenvalue weighted by molar-refractivity contribution is -0.139. The minimum absolute atomic E-state index is 0.106. The van der Waals surface area contributed by atoms with Crippen molar-refractivity contribution in [2.75, 3.05) is 13.7 Å². The lowest BCUT2D eigenvalue weighted by Gasteiger charge is -2.32. The van der Waals surface area contributed by atoms with E-state index in [1.54, 1.807) is 14.0 Å². The van der Waals surface area contributed by atoms with Gasteiger partial charge in [0, 0.05) is 23.9 Å². The van der Waals surface area contributed by atoms with Gasteiger partial charge in [-0.1, -0.05) is 18.6 Å². The molecule has 0 saturated heterocycles. The molecule has 0 bridgehead atoms. The first-order valence-corrected chi connectivity index (χ1v) is 10.2. The van der Waals surface area contributed by atoms with Crippen LogP contribution in [0.2, 0.25) is 0 Å². The van der Waals surface area contributed by atoms with Gasteiger partial charge < -0.3 is 19.4 Å². The van der Waals surface area contributed by atoms with E-state index < -0.39 is 0 Å². The zero-order valence-electron chi connectivity index (χ0n) is 17.7. The highest BCUT2D eigenvalue weighted by Gasteiger charge is 2.30. The van der Waals surface area contributed by atoms with Gasteiger partial charge in [-0.25, -0.2) is 4.79 Å². The number of benzene rings is 1. The number of esters is 1. The van der Waals surface area contributed by atoms with Gasteiger partial charge in [0.15, 0.2) is 0 Å². The Kier molecular flexibility index (Phi) is 6.62. The quantitative estimate of drug-likeness (QED) is 0.678. The molecule has 0 radical (unpaired) electrons. The van der Waals surface area contributed by atoms with E-state index in [1.165, 1.54) is 0 Å². The number of H-pyrrole nitrogens is 1. The summed E-state index contributed by atoms with van der Waals surface area (Å²) in [4.78, 5) is 30.6. The van der Waals surface area contributed by atoms with Crippen LogP contribution in [-0.4, -0.2) is 35.5 Å². The van der Waals surface area contributed by atoms with Crippen LogP contribution >= 0.6 is 0 Å². The number of nitrogens with zero attached hydrogens (tertiary/aromatic N) is 1. The van der Waals surface area contributed by atoms with Crippen LogP contribution in [0.25, 0.3) is 0 Å². The minimum Gasteiger partial charge on any atom is -0.497 e. The average molecular weight is 399 g/mol. The molecule has 0 spiro atoms. The van der Waals surface area contributed by atoms with Gasteiger partial charge in [0.25, 0.3) is 0 Å². The van der Waals surface area contributed by atoms with Gasteiger partial charge in [0.1, 0.15) is 5.75 Å². The Morgan fingerprint density at radius 2 is 1.83 bits per heavy atom. The summed E-state index contributed by atoms with van der Waals surface area (Å²) in [7, 11) is 1.64. The van der Waals surface area contributed by atoms with E-state index in [4.69, 9.17) is 9.47 Å². The van der Waals surface area contributed by atoms with Crippen LogP contribution < -0.4 is 4.74 Å². The second-order valence-corrected chi connectivity index (χ2v) is 7.62. The Morgan fingerprint density at radius 3 is 2.38 bits per heavy atom. The number of aromatic amines is 1. The molecule has 1 aliphatic rings. The van der Waals surface area contributed by atoms with Crippen molar-refractivity contribution >= 4 is 11.9 Å². The number of aromatic nitrogens is 1. The maximum Gasteiger partial charge on any atom is 0.340 e. The fourth-order valence-corrected chi connectivity index (χ4v) is 3.75. The molecular formula is C23H30N2O4. The molecule has 156 valence electrons. The maximum absolute atomic E-state index is 13.1. The highest BCUT2D eigenvalue weighted by atomic mass is 16.5. The Balaban J connectivity index is 1.83. The van der Waals surface area contributed by atoms with Gasteiger partial charge >= 0.3 is 5.97 Å². The highest BCUT2D eigenvalue weighted by molar-refractivity contribution is 5.93. The van der Waals surface area contributed by atoms with E-state index in [0.717, 1.165) is 47.5 Å². The Labute approximate surface area is 172 Å². The lowest BCUT2D eigenvalue weighted by Crippen LogP contribution is -2.38. The largest absolute Gasteiger partial charge is 0.497 e. The Bertz CT molecular complexity index is 866. The first-order valence-electron chi connectivity index (χ1n) is 10.2. The standard InChI is InChI=1S/C23H30N2O4/c1-5-29-23(27)21-15(2)20(24-16(21)3)14-25(22(26)18-7-6-8-18)13-17-9-11-19(28-4)12-10-17/h9-12,18,24H,5-8,13-14H2,1-4H3. The average Bonchev–Trinajstić information content (AvgIpc) is 2.94. The van der Waals surface area contributed by atoms with Gasteiger partial charge in [0.2, 0.25) is 5.91 Å². The molecule has 3 rings (SSSR count). The number of hydrogen-bond donors (Lipinski definition) is 1. The zero-order chi connectivity index (χ0) is 21.0. The molecule has 1 amide bonds. The van der Waals surface area contributed by atoms with Gasteiger partial charge in [-0.3, -0.25) is 4.79 Å². The number of ether oxygens (including phenoxy) is 2. The second-order valence-electron chi connectivity index (χ2n) is 7.62. The molecule has 29 heavy (non-hydrogen) atoms. The molecule has 0 atom stereocenters. The van der Waals surface area contributed by atoms with Gasteiger partial charge in [-0.2, -0.15) is 0 Å². The highest BCUT2D eigenvalue weighted by Crippen LogP contribution is 2.30. The molecule has 1 aromatic carbocycles. The number of rotatable bonds is 8. The molecule has 2 aromatic rings. The Morgan fingerprint density at radius 1 is 1.14 bits per heavy atom. The van der Waals surface area contributed by atoms with Crippen molar-refractivity contribution in [2.45, 2.75) is 53.1 Å². The minimum atomic E-state index is -0.322. The van der Waals surface area contributed by atoms with E-state index >= 15 is 0 Å². The van der Waals surface area contributed by atoms with Crippen LogP contribution in [0.3, 0.4) is 0 Å². The van der Waals surface area contributed by atoms with Crippen LogP contribution in [-0.2, 0) is 22.6 Å². The summed E-state index contributed by atoms with van der Waals surface area (Å²) in [6.07, 6.45) is 3.02. The second kappa shape index (κ2) is 9.16. The van der Waals surface area contributed by atoms with Crippen molar-refractivity contribution in [3.05, 3.63) is 52.3 Å². The molecule has 1 N–H and O–H groups in total. The third-order valence-corrected chi connectivity index (χ3v) is 5.67. The summed E-state index contributed by atoms with van der Waals surface area (Å²) in [5.41, 5.74) is 4.12. The van der Waals surface area contributed by atoms with Crippen LogP contribution in [0.4, 0.5) is 0 Å². The van der Waals surface area contributed by atoms with E-state index in [-0.39, 0.29) is 17.8 Å². The molecule has 1 saturated carbocycles. The van der Waals surface area contributed by atoms with Gasteiger partial charge in [-0.05, 0) is 56.9 Å². The van der Waals surface area contributed by atoms with E-state index in [9.17, 15) is 9.59 Å². The van der Waals surface area contributed by atoms with Crippen molar-refractivity contribution in [3.63, 3.8) is 0 Å². The number of aryl methyl sites for hydroxylation is 1. The van der Waals surface area contributed by atoms with E-state index in [2.05, 4.69) is 4.98 Å². The molecule has 0 aliphatic heterocycles. The summed E-state index contributed by atoms with van der Waals surface area (Å²) < 4.78 is 10.4. The van der Waals surface area contributed by atoms with E-state index in [1.807, 2.05) is 43.0 Å². The maximum atomic E-state index is 13.1. The van der Waals surface area contributed by atoms with Gasteiger partial charge in [0.05, 0.1) is 25.8 Å². The normalized spacial score (nSPS) is 13.7. The molecule has 0 unspecified atom stereocenters. The topological polar surface area (TPSA) is 71.6 Å². The molecular weight excluding hydrogens is 368 g/mol. The Hall–Kier alpha value is -2.76. The molecule has 6 heteroatoms. The third kappa shape index (κ3) is 4.63. The summed E-state index contributed by atoms with van der Waals surface area (Å²) in [5, 5.41) is 0. The number of carbonyl (C=O) groups is 2. The number of amides is 1. The molecule has 6 nitrogen and oxygen atoms in total. The van der Waals surface area contributed by atoms with Crippen LogP contribution in [0.15, 0.2) is 24.3 Å². The van der Waals surface area contributed by atoms with Crippen LogP contribution in [0, 0.1) is 19.8 Å². The van der Waals surface area contributed by atoms with Crippen molar-refractivity contribution in [1.82, 2.24) is 9.88 Å². The van der Waals surface area contributed by atoms with E-state index in [0.29, 0.717) is 25.3 Å². The fraction of sp³-hybridized carbons (Fsp3) is 0.478. The molecule has 1 aliphatic carbocycles. The summed E-state index contributed by atoms with van der Waals surface area (Å²) in [6.45, 7) is 6.86. The smallest absolute Gasteiger partial charge is 0.340 e. The monoisotopic (exact) mass is 398 g/mol. The predicted octanol–water partition coefficient (Wildman–Crippen LogP) is 4.15. The summed E-state index contributed by atoms with van der Waals surface area (Å²) >= 11 is 0. The molecule has 1 fully saturated rings.